The van der Waals surface area contributed by atoms with E-state index in [-0.39, 0.29) is 40.4 Å². The standard InChI is InChI=1S/C15H13Cl2NO4/c1-2-21-15(20)9-6-10(16)14(11(17)7-9)22-8-13(19)12-4-3-5-18-12/h3-7,18H,2,8H2,1H3. The van der Waals surface area contributed by atoms with E-state index in [1.54, 1.807) is 25.3 Å². The van der Waals surface area contributed by atoms with Gasteiger partial charge in [-0.2, -0.15) is 0 Å². The van der Waals surface area contributed by atoms with Crippen LogP contribution in [-0.4, -0.2) is 30.0 Å². The zero-order valence-corrected chi connectivity index (χ0v) is 13.2. The van der Waals surface area contributed by atoms with E-state index >= 15 is 0 Å². The molecular weight excluding hydrogens is 329 g/mol. The summed E-state index contributed by atoms with van der Waals surface area (Å²) in [5.41, 5.74) is 0.648. The molecule has 0 aliphatic carbocycles. The van der Waals surface area contributed by atoms with Gasteiger partial charge in [0.05, 0.1) is 27.9 Å². The fourth-order valence-corrected chi connectivity index (χ4v) is 2.35. The maximum atomic E-state index is 11.8. The average molecular weight is 342 g/mol. The molecule has 0 aliphatic rings. The highest BCUT2D eigenvalue weighted by Crippen LogP contribution is 2.34. The molecule has 0 unspecified atom stereocenters. The van der Waals surface area contributed by atoms with E-state index in [0.29, 0.717) is 5.69 Å². The summed E-state index contributed by atoms with van der Waals surface area (Å²) in [5, 5.41) is 0.268. The van der Waals surface area contributed by atoms with Crippen LogP contribution < -0.4 is 4.74 Å². The number of aromatic amines is 1. The molecule has 0 fully saturated rings. The monoisotopic (exact) mass is 341 g/mol. The van der Waals surface area contributed by atoms with Gasteiger partial charge >= 0.3 is 5.97 Å². The lowest BCUT2D eigenvalue weighted by atomic mass is 10.2. The third-order valence-corrected chi connectivity index (χ3v) is 3.32. The van der Waals surface area contributed by atoms with Crippen molar-refractivity contribution in [3.8, 4) is 5.75 Å². The van der Waals surface area contributed by atoms with E-state index in [9.17, 15) is 9.59 Å². The Morgan fingerprint density at radius 1 is 1.23 bits per heavy atom. The van der Waals surface area contributed by atoms with Crippen LogP contribution in [0.1, 0.15) is 27.8 Å². The molecular formula is C15H13Cl2NO4. The molecule has 1 aromatic heterocycles. The number of hydrogen-bond donors (Lipinski definition) is 1. The van der Waals surface area contributed by atoms with Crippen LogP contribution in [0.15, 0.2) is 30.5 Å². The Balaban J connectivity index is 2.11. The summed E-state index contributed by atoms with van der Waals surface area (Å²) in [4.78, 5) is 26.3. The molecule has 0 radical (unpaired) electrons. The summed E-state index contributed by atoms with van der Waals surface area (Å²) in [6.45, 7) is 1.72. The topological polar surface area (TPSA) is 68.4 Å². The van der Waals surface area contributed by atoms with Crippen molar-refractivity contribution < 1.29 is 19.1 Å². The minimum atomic E-state index is -0.527. The molecule has 2 aromatic rings. The second-order valence-electron chi connectivity index (χ2n) is 4.29. The number of halogens is 2. The number of hydrogen-bond acceptors (Lipinski definition) is 4. The summed E-state index contributed by atoms with van der Waals surface area (Å²) in [7, 11) is 0. The van der Waals surface area contributed by atoms with Crippen molar-refractivity contribution in [2.24, 2.45) is 0 Å². The molecule has 0 spiro atoms. The number of benzene rings is 1. The first-order valence-electron chi connectivity index (χ1n) is 6.48. The summed E-state index contributed by atoms with van der Waals surface area (Å²) in [6, 6.07) is 6.12. The third-order valence-electron chi connectivity index (χ3n) is 2.76. The number of esters is 1. The van der Waals surface area contributed by atoms with Crippen molar-refractivity contribution in [3.05, 3.63) is 51.8 Å². The van der Waals surface area contributed by atoms with Crippen molar-refractivity contribution in [2.75, 3.05) is 13.2 Å². The molecule has 0 aliphatic heterocycles. The smallest absolute Gasteiger partial charge is 0.338 e. The average Bonchev–Trinajstić information content (AvgIpc) is 3.00. The van der Waals surface area contributed by atoms with E-state index in [4.69, 9.17) is 32.7 Å². The largest absolute Gasteiger partial charge is 0.482 e. The third kappa shape index (κ3) is 3.81. The number of H-pyrrole nitrogens is 1. The van der Waals surface area contributed by atoms with Gasteiger partial charge in [0.15, 0.2) is 12.4 Å². The molecule has 0 amide bonds. The number of nitrogens with one attached hydrogen (secondary N) is 1. The van der Waals surface area contributed by atoms with Crippen molar-refractivity contribution >= 4 is 35.0 Å². The van der Waals surface area contributed by atoms with E-state index in [1.165, 1.54) is 12.1 Å². The summed E-state index contributed by atoms with van der Waals surface area (Å²) in [5.74, 6) is -0.622. The number of ketones is 1. The van der Waals surface area contributed by atoms with Gasteiger partial charge in [0.25, 0.3) is 0 Å². The summed E-state index contributed by atoms with van der Waals surface area (Å²) in [6.07, 6.45) is 1.64. The molecule has 0 bridgehead atoms. The first-order valence-corrected chi connectivity index (χ1v) is 7.24. The van der Waals surface area contributed by atoms with Gasteiger partial charge in [-0.1, -0.05) is 23.2 Å². The number of rotatable bonds is 6. The predicted octanol–water partition coefficient (Wildman–Crippen LogP) is 3.76. The van der Waals surface area contributed by atoms with Gasteiger partial charge < -0.3 is 14.5 Å². The first-order chi connectivity index (χ1) is 10.5. The van der Waals surface area contributed by atoms with Crippen LogP contribution in [0.3, 0.4) is 0 Å². The molecule has 0 saturated carbocycles. The minimum Gasteiger partial charge on any atom is -0.482 e. The van der Waals surface area contributed by atoms with Gasteiger partial charge in [-0.3, -0.25) is 4.79 Å². The van der Waals surface area contributed by atoms with Crippen LogP contribution in [0.5, 0.6) is 5.75 Å². The van der Waals surface area contributed by atoms with Gasteiger partial charge in [0, 0.05) is 6.20 Å². The normalized spacial score (nSPS) is 10.3. The predicted molar refractivity (Wildman–Crippen MR) is 83.0 cm³/mol. The van der Waals surface area contributed by atoms with Gasteiger partial charge in [0.2, 0.25) is 5.78 Å². The lowest BCUT2D eigenvalue weighted by molar-refractivity contribution is 0.0526. The minimum absolute atomic E-state index is 0.134. The van der Waals surface area contributed by atoms with Crippen LogP contribution in [0, 0.1) is 0 Å². The first kappa shape index (κ1) is 16.4. The van der Waals surface area contributed by atoms with E-state index in [2.05, 4.69) is 4.98 Å². The SMILES string of the molecule is CCOC(=O)c1cc(Cl)c(OCC(=O)c2ccc[nH]2)c(Cl)c1. The Hall–Kier alpha value is -1.98. The number of aromatic nitrogens is 1. The maximum Gasteiger partial charge on any atom is 0.338 e. The van der Waals surface area contributed by atoms with Crippen molar-refractivity contribution in [1.29, 1.82) is 0 Å². The highest BCUT2D eigenvalue weighted by atomic mass is 35.5. The molecule has 116 valence electrons. The van der Waals surface area contributed by atoms with Crippen LogP contribution >= 0.6 is 23.2 Å². The highest BCUT2D eigenvalue weighted by molar-refractivity contribution is 6.37. The van der Waals surface area contributed by atoms with E-state index < -0.39 is 5.97 Å². The Morgan fingerprint density at radius 3 is 2.45 bits per heavy atom. The Morgan fingerprint density at radius 2 is 1.91 bits per heavy atom. The molecule has 2 rings (SSSR count). The molecule has 22 heavy (non-hydrogen) atoms. The van der Waals surface area contributed by atoms with E-state index in [1.807, 2.05) is 0 Å². The zero-order chi connectivity index (χ0) is 16.1. The number of carbonyl (C=O) groups is 2. The van der Waals surface area contributed by atoms with Gasteiger partial charge in [-0.05, 0) is 31.2 Å². The Bertz CT molecular complexity index is 660. The molecule has 7 heteroatoms. The second kappa shape index (κ2) is 7.33. The molecule has 5 nitrogen and oxygen atoms in total. The van der Waals surface area contributed by atoms with Gasteiger partial charge in [0.1, 0.15) is 0 Å². The second-order valence-corrected chi connectivity index (χ2v) is 5.10. The van der Waals surface area contributed by atoms with Gasteiger partial charge in [-0.25, -0.2) is 4.79 Å². The number of ether oxygens (including phenoxy) is 2. The van der Waals surface area contributed by atoms with Crippen LogP contribution in [0.4, 0.5) is 0 Å². The zero-order valence-electron chi connectivity index (χ0n) is 11.7. The fourth-order valence-electron chi connectivity index (χ4n) is 1.75. The van der Waals surface area contributed by atoms with Gasteiger partial charge in [-0.15, -0.1) is 0 Å². The molecule has 1 heterocycles. The lowest BCUT2D eigenvalue weighted by Gasteiger charge is -2.11. The molecule has 1 N–H and O–H groups in total. The van der Waals surface area contributed by atoms with Crippen molar-refractivity contribution in [1.82, 2.24) is 4.98 Å². The van der Waals surface area contributed by atoms with Crippen molar-refractivity contribution in [3.63, 3.8) is 0 Å². The fraction of sp³-hybridized carbons (Fsp3) is 0.200. The van der Waals surface area contributed by atoms with Crippen LogP contribution in [0.25, 0.3) is 0 Å². The van der Waals surface area contributed by atoms with E-state index in [0.717, 1.165) is 0 Å². The number of Topliss-reactive ketones (excluding diaryl/α,β-unsaturated/α-hetero) is 1. The summed E-state index contributed by atoms with van der Waals surface area (Å²) >= 11 is 12.1. The maximum absolute atomic E-state index is 11.8. The molecule has 1 aromatic carbocycles. The Labute approximate surface area is 137 Å². The Kier molecular flexibility index (Phi) is 5.46. The van der Waals surface area contributed by atoms with Crippen LogP contribution in [0.2, 0.25) is 10.0 Å². The lowest BCUT2D eigenvalue weighted by Crippen LogP contribution is -2.12. The highest BCUT2D eigenvalue weighted by Gasteiger charge is 2.16. The van der Waals surface area contributed by atoms with Crippen LogP contribution in [-0.2, 0) is 4.74 Å². The molecule has 0 atom stereocenters. The molecule has 0 saturated heterocycles. The number of carbonyl (C=O) groups excluding carboxylic acids is 2. The van der Waals surface area contributed by atoms with Crippen molar-refractivity contribution in [2.45, 2.75) is 6.92 Å². The summed E-state index contributed by atoms with van der Waals surface area (Å²) < 4.78 is 10.2. The quantitative estimate of drug-likeness (QED) is 0.641.